The maximum absolute atomic E-state index is 12.1. The molecule has 0 aromatic carbocycles. The van der Waals surface area contributed by atoms with Gasteiger partial charge >= 0.3 is 0 Å². The number of amides is 1. The molecule has 18 heavy (non-hydrogen) atoms. The highest BCUT2D eigenvalue weighted by Gasteiger charge is 2.24. The quantitative estimate of drug-likeness (QED) is 0.882. The second-order valence-electron chi connectivity index (χ2n) is 4.80. The third-order valence-corrected chi connectivity index (χ3v) is 3.40. The third-order valence-electron chi connectivity index (χ3n) is 3.40. The Bertz CT molecular complexity index is 422. The summed E-state index contributed by atoms with van der Waals surface area (Å²) in [6.07, 6.45) is 4.05. The summed E-state index contributed by atoms with van der Waals surface area (Å²) in [5, 5.41) is 7.28. The number of rotatable bonds is 4. The molecule has 1 aliphatic rings. The Morgan fingerprint density at radius 3 is 3.06 bits per heavy atom. The fourth-order valence-electron chi connectivity index (χ4n) is 2.28. The average molecular weight is 251 g/mol. The number of hydrogen-bond acceptors (Lipinski definition) is 3. The van der Waals surface area contributed by atoms with E-state index in [0.717, 1.165) is 31.7 Å². The molecule has 0 saturated carbocycles. The molecule has 1 amide bonds. The normalized spacial score (nSPS) is 20.9. The molecule has 5 nitrogen and oxygen atoms in total. The number of ether oxygens (including phenoxy) is 1. The van der Waals surface area contributed by atoms with Crippen LogP contribution in [0.15, 0.2) is 6.20 Å². The Labute approximate surface area is 108 Å². The van der Waals surface area contributed by atoms with Crippen LogP contribution in [0.25, 0.3) is 0 Å². The molecular formula is C13H21N3O2. The lowest BCUT2D eigenvalue weighted by Crippen LogP contribution is -2.40. The van der Waals surface area contributed by atoms with Gasteiger partial charge in [-0.3, -0.25) is 9.48 Å². The molecule has 2 atom stereocenters. The Morgan fingerprint density at radius 2 is 2.50 bits per heavy atom. The molecule has 2 heterocycles. The lowest BCUT2D eigenvalue weighted by Gasteiger charge is -2.19. The maximum Gasteiger partial charge on any atom is 0.255 e. The van der Waals surface area contributed by atoms with Gasteiger partial charge in [-0.25, -0.2) is 0 Å². The van der Waals surface area contributed by atoms with Gasteiger partial charge in [-0.05, 0) is 33.6 Å². The van der Waals surface area contributed by atoms with Crippen LogP contribution < -0.4 is 5.32 Å². The van der Waals surface area contributed by atoms with E-state index in [2.05, 4.69) is 10.4 Å². The summed E-state index contributed by atoms with van der Waals surface area (Å²) >= 11 is 0. The first-order chi connectivity index (χ1) is 8.61. The minimum Gasteiger partial charge on any atom is -0.376 e. The Balaban J connectivity index is 1.99. The Kier molecular flexibility index (Phi) is 4.01. The van der Waals surface area contributed by atoms with E-state index >= 15 is 0 Å². The predicted molar refractivity (Wildman–Crippen MR) is 68.5 cm³/mol. The number of aryl methyl sites for hydroxylation is 2. The summed E-state index contributed by atoms with van der Waals surface area (Å²) in [6, 6.07) is 0.0457. The van der Waals surface area contributed by atoms with Crippen LogP contribution in [0, 0.1) is 6.92 Å². The molecular weight excluding hydrogens is 230 g/mol. The van der Waals surface area contributed by atoms with Crippen LogP contribution in [0.1, 0.15) is 42.7 Å². The molecule has 1 N–H and O–H groups in total. The zero-order chi connectivity index (χ0) is 13.1. The molecule has 5 heteroatoms. The van der Waals surface area contributed by atoms with E-state index in [1.165, 1.54) is 0 Å². The molecule has 2 rings (SSSR count). The van der Waals surface area contributed by atoms with Crippen LogP contribution in [0.2, 0.25) is 0 Å². The largest absolute Gasteiger partial charge is 0.376 e. The Hall–Kier alpha value is -1.36. The lowest BCUT2D eigenvalue weighted by atomic mass is 10.1. The predicted octanol–water partition coefficient (Wildman–Crippen LogP) is 1.51. The fraction of sp³-hybridized carbons (Fsp3) is 0.692. The molecule has 0 unspecified atom stereocenters. The molecule has 1 aliphatic heterocycles. The highest BCUT2D eigenvalue weighted by atomic mass is 16.5. The fourth-order valence-corrected chi connectivity index (χ4v) is 2.28. The van der Waals surface area contributed by atoms with Gasteiger partial charge in [0.1, 0.15) is 0 Å². The van der Waals surface area contributed by atoms with Crippen LogP contribution in [0.4, 0.5) is 0 Å². The third kappa shape index (κ3) is 2.72. The van der Waals surface area contributed by atoms with Gasteiger partial charge < -0.3 is 10.1 Å². The molecule has 0 bridgehead atoms. The van der Waals surface area contributed by atoms with Crippen LogP contribution in [-0.4, -0.2) is 34.4 Å². The number of nitrogens with zero attached hydrogens (tertiary/aromatic N) is 2. The zero-order valence-corrected chi connectivity index (χ0v) is 11.3. The van der Waals surface area contributed by atoms with E-state index < -0.39 is 0 Å². The summed E-state index contributed by atoms with van der Waals surface area (Å²) in [4.78, 5) is 12.1. The van der Waals surface area contributed by atoms with E-state index in [1.807, 2.05) is 20.8 Å². The van der Waals surface area contributed by atoms with Gasteiger partial charge in [0, 0.05) is 19.3 Å². The second kappa shape index (κ2) is 5.52. The second-order valence-corrected chi connectivity index (χ2v) is 4.80. The van der Waals surface area contributed by atoms with E-state index in [0.29, 0.717) is 5.56 Å². The smallest absolute Gasteiger partial charge is 0.255 e. The van der Waals surface area contributed by atoms with E-state index in [1.54, 1.807) is 10.9 Å². The number of aromatic nitrogens is 2. The molecule has 0 aliphatic carbocycles. The molecule has 1 aromatic heterocycles. The summed E-state index contributed by atoms with van der Waals surface area (Å²) in [5.74, 6) is -0.0600. The van der Waals surface area contributed by atoms with Gasteiger partial charge in [-0.1, -0.05) is 0 Å². The topological polar surface area (TPSA) is 56.2 Å². The number of carbonyl (C=O) groups excluding carboxylic acids is 1. The van der Waals surface area contributed by atoms with Crippen LogP contribution in [0.3, 0.4) is 0 Å². The molecule has 0 spiro atoms. The number of nitrogens with one attached hydrogen (secondary N) is 1. The van der Waals surface area contributed by atoms with Crippen molar-refractivity contribution in [2.75, 3.05) is 6.61 Å². The summed E-state index contributed by atoms with van der Waals surface area (Å²) in [6.45, 7) is 7.43. The van der Waals surface area contributed by atoms with Crippen molar-refractivity contribution in [3.05, 3.63) is 17.5 Å². The van der Waals surface area contributed by atoms with Crippen LogP contribution >= 0.6 is 0 Å². The van der Waals surface area contributed by atoms with Crippen molar-refractivity contribution in [3.8, 4) is 0 Å². The first-order valence-electron chi connectivity index (χ1n) is 6.58. The monoisotopic (exact) mass is 251 g/mol. The van der Waals surface area contributed by atoms with Crippen LogP contribution in [-0.2, 0) is 11.3 Å². The van der Waals surface area contributed by atoms with Gasteiger partial charge in [-0.15, -0.1) is 0 Å². The first kappa shape index (κ1) is 13.1. The van der Waals surface area contributed by atoms with Crippen molar-refractivity contribution >= 4 is 5.91 Å². The van der Waals surface area contributed by atoms with Crippen molar-refractivity contribution in [3.63, 3.8) is 0 Å². The summed E-state index contributed by atoms with van der Waals surface area (Å²) < 4.78 is 7.35. The SMILES string of the molecule is CCn1cc(C(=O)N[C@H](C)[C@@H]2CCCO2)c(C)n1. The molecule has 0 radical (unpaired) electrons. The van der Waals surface area contributed by atoms with Gasteiger partial charge in [0.15, 0.2) is 0 Å². The maximum atomic E-state index is 12.1. The molecule has 1 fully saturated rings. The van der Waals surface area contributed by atoms with Gasteiger partial charge in [-0.2, -0.15) is 5.10 Å². The van der Waals surface area contributed by atoms with Gasteiger partial charge in [0.25, 0.3) is 5.91 Å². The Morgan fingerprint density at radius 1 is 1.72 bits per heavy atom. The van der Waals surface area contributed by atoms with Gasteiger partial charge in [0.2, 0.25) is 0 Å². The average Bonchev–Trinajstić information content (AvgIpc) is 2.97. The van der Waals surface area contributed by atoms with Gasteiger partial charge in [0.05, 0.1) is 23.4 Å². The van der Waals surface area contributed by atoms with Crippen molar-refractivity contribution in [1.29, 1.82) is 0 Å². The number of hydrogen-bond donors (Lipinski definition) is 1. The molecule has 100 valence electrons. The zero-order valence-electron chi connectivity index (χ0n) is 11.3. The van der Waals surface area contributed by atoms with Crippen molar-refractivity contribution in [2.45, 2.75) is 52.3 Å². The van der Waals surface area contributed by atoms with E-state index in [4.69, 9.17) is 4.74 Å². The highest BCUT2D eigenvalue weighted by Crippen LogP contribution is 2.16. The summed E-state index contributed by atoms with van der Waals surface area (Å²) in [7, 11) is 0. The molecule has 1 saturated heterocycles. The number of carbonyl (C=O) groups is 1. The lowest BCUT2D eigenvalue weighted by molar-refractivity contribution is 0.0712. The van der Waals surface area contributed by atoms with Crippen molar-refractivity contribution in [1.82, 2.24) is 15.1 Å². The van der Waals surface area contributed by atoms with Crippen molar-refractivity contribution in [2.24, 2.45) is 0 Å². The van der Waals surface area contributed by atoms with E-state index in [9.17, 15) is 4.79 Å². The molecule has 1 aromatic rings. The summed E-state index contributed by atoms with van der Waals surface area (Å²) in [5.41, 5.74) is 1.43. The minimum absolute atomic E-state index is 0.0457. The highest BCUT2D eigenvalue weighted by molar-refractivity contribution is 5.95. The van der Waals surface area contributed by atoms with Crippen LogP contribution in [0.5, 0.6) is 0 Å². The standard InChI is InChI=1S/C13H21N3O2/c1-4-16-8-11(9(2)15-16)13(17)14-10(3)12-6-5-7-18-12/h8,10,12H,4-7H2,1-3H3,(H,14,17)/t10-,12+/m1/s1. The minimum atomic E-state index is -0.0600. The first-order valence-corrected chi connectivity index (χ1v) is 6.58. The van der Waals surface area contributed by atoms with E-state index in [-0.39, 0.29) is 18.1 Å². The van der Waals surface area contributed by atoms with Crippen molar-refractivity contribution < 1.29 is 9.53 Å².